The second-order valence-electron chi connectivity index (χ2n) is 19.5. The zero-order valence-electron chi connectivity index (χ0n) is 48.9. The van der Waals surface area contributed by atoms with Gasteiger partial charge in [-0.05, 0) is 130 Å². The highest BCUT2D eigenvalue weighted by Gasteiger charge is 2.22. The number of nitrogens with one attached hydrogen (secondary N) is 2. The van der Waals surface area contributed by atoms with Gasteiger partial charge in [0, 0.05) is 56.7 Å². The SMILES string of the molecule is C.CC(=O)Nc1cccc(COc2cccnc2C(C)=O)c1.CC(=O)c1ccc(C)nc1OCc1ccccc1.CC(=O)c1ncccc1OCc1ccc([N+](=O)[O-])cc1.COc1ccc(COc2cncc(NC(=O)OC(C)(C)C)c2C(N)=O)cc1. The van der Waals surface area contributed by atoms with Crippen LogP contribution in [0.3, 0.4) is 0 Å². The van der Waals surface area contributed by atoms with Crippen LogP contribution in [0.25, 0.3) is 0 Å². The van der Waals surface area contributed by atoms with Crippen molar-refractivity contribution in [2.24, 2.45) is 5.73 Å². The van der Waals surface area contributed by atoms with Gasteiger partial charge in [0.15, 0.2) is 23.1 Å². The van der Waals surface area contributed by atoms with Gasteiger partial charge in [0.2, 0.25) is 11.8 Å². The number of anilines is 2. The fourth-order valence-electron chi connectivity index (χ4n) is 7.35. The highest BCUT2D eigenvalue weighted by molar-refractivity contribution is 6.04. The van der Waals surface area contributed by atoms with E-state index in [0.29, 0.717) is 47.5 Å². The van der Waals surface area contributed by atoms with E-state index >= 15 is 0 Å². The van der Waals surface area contributed by atoms with Gasteiger partial charge in [-0.15, -0.1) is 0 Å². The maximum absolute atomic E-state index is 12.0. The number of carbonyl (C=O) groups excluding carboxylic acids is 6. The summed E-state index contributed by atoms with van der Waals surface area (Å²) < 4.78 is 32.8. The molecular formula is C65H70N8O14. The molecule has 4 aromatic heterocycles. The van der Waals surface area contributed by atoms with Gasteiger partial charge in [-0.25, -0.2) is 19.7 Å². The molecule has 87 heavy (non-hydrogen) atoms. The van der Waals surface area contributed by atoms with E-state index in [1.165, 1.54) is 58.4 Å². The molecule has 0 unspecified atom stereocenters. The Morgan fingerprint density at radius 3 is 1.64 bits per heavy atom. The minimum Gasteiger partial charge on any atom is -0.497 e. The third kappa shape index (κ3) is 23.3. The van der Waals surface area contributed by atoms with E-state index in [1.807, 2.05) is 73.7 Å². The average molecular weight is 1190 g/mol. The number of hydrogen-bond donors (Lipinski definition) is 3. The van der Waals surface area contributed by atoms with E-state index in [1.54, 1.807) is 94.7 Å². The fraction of sp³-hybridized carbons (Fsp3) is 0.231. The molecule has 0 aliphatic rings. The Hall–Kier alpha value is -10.9. The number of benzene rings is 4. The Labute approximate surface area is 504 Å². The number of Topliss-reactive ketones (excluding diaryl/α,β-unsaturated/α-hetero) is 3. The standard InChI is InChI=1S/C19H23N3O5.C16H16N2O3.C15H15NO2.C14H12N2O4.CH4/c1-19(2,3)27-18(24)22-14-9-21-10-15(16(14)17(20)23)26-11-12-5-7-13(25-4)8-6-12;1-11(19)16-15(7-4-8-17-16)21-10-13-5-3-6-14(9-13)18-12(2)20;1-11-8-9-14(12(2)17)15(16-11)18-10-13-6-4-3-5-7-13;1-10(17)14-13(3-2-8-15-14)20-9-11-4-6-12(7-5-11)16(18)19;/h5-10H,11H2,1-4H3,(H2,20,23)(H,22,24);3-9H,10H2,1-2H3,(H,18,20);3-9H,10H2,1-2H3;2-8H,9H2,1H3;1H4. The lowest BCUT2D eigenvalue weighted by molar-refractivity contribution is -0.384. The van der Waals surface area contributed by atoms with E-state index in [2.05, 4.69) is 30.6 Å². The summed E-state index contributed by atoms with van der Waals surface area (Å²) >= 11 is 0. The summed E-state index contributed by atoms with van der Waals surface area (Å²) in [5.74, 6) is 0.910. The van der Waals surface area contributed by atoms with Gasteiger partial charge in [0.05, 0.1) is 35.7 Å². The number of nitrogens with two attached hydrogens (primary N) is 1. The van der Waals surface area contributed by atoms with Crippen LogP contribution >= 0.6 is 0 Å². The summed E-state index contributed by atoms with van der Waals surface area (Å²) in [4.78, 5) is 95.6. The molecule has 0 radical (unpaired) electrons. The summed E-state index contributed by atoms with van der Waals surface area (Å²) in [7, 11) is 1.58. The van der Waals surface area contributed by atoms with E-state index in [9.17, 15) is 38.9 Å². The number of aryl methyl sites for hydroxylation is 1. The van der Waals surface area contributed by atoms with E-state index in [0.717, 1.165) is 33.7 Å². The monoisotopic (exact) mass is 1190 g/mol. The van der Waals surface area contributed by atoms with Crippen molar-refractivity contribution in [1.82, 2.24) is 19.9 Å². The number of non-ortho nitro benzene ring substituents is 1. The molecule has 0 aliphatic carbocycles. The maximum atomic E-state index is 12.0. The van der Waals surface area contributed by atoms with Crippen molar-refractivity contribution in [3.63, 3.8) is 0 Å². The van der Waals surface area contributed by atoms with Crippen molar-refractivity contribution in [2.75, 3.05) is 17.7 Å². The number of nitro benzene ring substituents is 1. The number of rotatable bonds is 20. The largest absolute Gasteiger partial charge is 0.497 e. The number of aromatic nitrogens is 4. The van der Waals surface area contributed by atoms with Gasteiger partial charge >= 0.3 is 6.09 Å². The fourth-order valence-corrected chi connectivity index (χ4v) is 7.35. The summed E-state index contributed by atoms with van der Waals surface area (Å²) in [6.07, 6.45) is 5.03. The quantitative estimate of drug-likeness (QED) is 0.0363. The number of primary amides is 1. The molecule has 8 rings (SSSR count). The summed E-state index contributed by atoms with van der Waals surface area (Å²) in [6, 6.07) is 40.8. The lowest BCUT2D eigenvalue weighted by Gasteiger charge is -2.20. The molecule has 0 saturated carbocycles. The van der Waals surface area contributed by atoms with Crippen LogP contribution < -0.4 is 40.1 Å². The Morgan fingerprint density at radius 1 is 0.598 bits per heavy atom. The maximum Gasteiger partial charge on any atom is 0.412 e. The first-order valence-corrected chi connectivity index (χ1v) is 26.5. The number of ether oxygens (including phenoxy) is 6. The molecule has 8 aromatic rings. The van der Waals surface area contributed by atoms with Crippen molar-refractivity contribution < 1.29 is 62.1 Å². The zero-order valence-corrected chi connectivity index (χ0v) is 48.9. The van der Waals surface area contributed by atoms with Crippen LogP contribution in [0.4, 0.5) is 21.9 Å². The first-order chi connectivity index (χ1) is 41.0. The van der Waals surface area contributed by atoms with Crippen LogP contribution in [0.1, 0.15) is 126 Å². The van der Waals surface area contributed by atoms with Crippen molar-refractivity contribution in [3.8, 4) is 28.9 Å². The van der Waals surface area contributed by atoms with Crippen LogP contribution in [0.5, 0.6) is 28.9 Å². The zero-order chi connectivity index (χ0) is 62.8. The average Bonchev–Trinajstić information content (AvgIpc) is 3.15. The summed E-state index contributed by atoms with van der Waals surface area (Å²) in [5.41, 5.74) is 11.2. The number of nitrogens with zero attached hydrogens (tertiary/aromatic N) is 5. The molecule has 3 amide bonds. The highest BCUT2D eigenvalue weighted by atomic mass is 16.6. The number of amides is 3. The number of ketones is 3. The molecule has 0 saturated heterocycles. The molecule has 454 valence electrons. The van der Waals surface area contributed by atoms with Crippen LogP contribution in [0, 0.1) is 17.0 Å². The number of carbonyl (C=O) groups is 6. The third-order valence-corrected chi connectivity index (χ3v) is 11.3. The molecule has 22 nitrogen and oxygen atoms in total. The van der Waals surface area contributed by atoms with Crippen molar-refractivity contribution in [2.45, 2.75) is 94.8 Å². The number of nitro groups is 1. The minimum absolute atomic E-state index is 0. The minimum atomic E-state index is -0.756. The molecule has 22 heteroatoms. The second kappa shape index (κ2) is 34.0. The predicted molar refractivity (Wildman–Crippen MR) is 327 cm³/mol. The smallest absolute Gasteiger partial charge is 0.412 e. The lowest BCUT2D eigenvalue weighted by Crippen LogP contribution is -2.28. The Bertz CT molecular complexity index is 3610. The predicted octanol–water partition coefficient (Wildman–Crippen LogP) is 12.5. The summed E-state index contributed by atoms with van der Waals surface area (Å²) in [5, 5.41) is 15.7. The number of methoxy groups -OCH3 is 1. The molecule has 0 fully saturated rings. The van der Waals surface area contributed by atoms with Gasteiger partial charge in [-0.3, -0.25) is 44.4 Å². The van der Waals surface area contributed by atoms with Gasteiger partial charge < -0.3 is 39.5 Å². The van der Waals surface area contributed by atoms with Crippen LogP contribution in [0.15, 0.2) is 164 Å². The molecule has 4 N–H and O–H groups in total. The molecule has 0 atom stereocenters. The highest BCUT2D eigenvalue weighted by Crippen LogP contribution is 2.27. The van der Waals surface area contributed by atoms with Gasteiger partial charge in [-0.2, -0.15) is 0 Å². The van der Waals surface area contributed by atoms with E-state index in [-0.39, 0.29) is 72.3 Å². The van der Waals surface area contributed by atoms with Gasteiger partial charge in [-0.1, -0.05) is 62.0 Å². The number of pyridine rings is 4. The molecule has 0 aliphatic heterocycles. The van der Waals surface area contributed by atoms with Crippen molar-refractivity contribution in [3.05, 3.63) is 225 Å². The molecule has 4 heterocycles. The van der Waals surface area contributed by atoms with E-state index < -0.39 is 22.5 Å². The Balaban J connectivity index is 0.000000250. The van der Waals surface area contributed by atoms with Crippen LogP contribution in [-0.2, 0) is 36.0 Å². The Kier molecular flexibility index (Phi) is 26.8. The molecule has 4 aromatic carbocycles. The Morgan fingerprint density at radius 2 is 1.13 bits per heavy atom. The van der Waals surface area contributed by atoms with Gasteiger partial charge in [0.1, 0.15) is 66.2 Å². The molecule has 0 bridgehead atoms. The van der Waals surface area contributed by atoms with Crippen LogP contribution in [-0.4, -0.2) is 72.8 Å². The normalized spacial score (nSPS) is 10.2. The van der Waals surface area contributed by atoms with Crippen molar-refractivity contribution >= 4 is 52.3 Å². The van der Waals surface area contributed by atoms with Gasteiger partial charge in [0.25, 0.3) is 11.6 Å². The molecule has 0 spiro atoms. The van der Waals surface area contributed by atoms with Crippen LogP contribution in [0.2, 0.25) is 0 Å². The topological polar surface area (TPSA) is 303 Å². The first kappa shape index (κ1) is 68.6. The molecular weight excluding hydrogens is 1120 g/mol. The first-order valence-electron chi connectivity index (χ1n) is 26.5. The summed E-state index contributed by atoms with van der Waals surface area (Å²) in [6.45, 7) is 14.0. The third-order valence-electron chi connectivity index (χ3n) is 11.3. The number of hydrogen-bond acceptors (Lipinski definition) is 18. The van der Waals surface area contributed by atoms with E-state index in [4.69, 9.17) is 34.2 Å². The lowest BCUT2D eigenvalue weighted by atomic mass is 10.2. The second-order valence-corrected chi connectivity index (χ2v) is 19.5. The van der Waals surface area contributed by atoms with Crippen molar-refractivity contribution in [1.29, 1.82) is 0 Å².